The van der Waals surface area contributed by atoms with Crippen molar-refractivity contribution in [2.24, 2.45) is 11.3 Å². The molecule has 2 aromatic heterocycles. The molecule has 4 aromatic rings. The van der Waals surface area contributed by atoms with Gasteiger partial charge < -0.3 is 29.5 Å². The van der Waals surface area contributed by atoms with Crippen LogP contribution in [0.3, 0.4) is 0 Å². The highest BCUT2D eigenvalue weighted by molar-refractivity contribution is 7.91. The van der Waals surface area contributed by atoms with E-state index in [-0.39, 0.29) is 31.4 Å². The molecule has 2 saturated carbocycles. The highest BCUT2D eigenvalue weighted by atomic mass is 32.2. The van der Waals surface area contributed by atoms with Crippen molar-refractivity contribution in [3.8, 4) is 17.0 Å². The second-order valence-electron chi connectivity index (χ2n) is 18.5. The second kappa shape index (κ2) is 15.9. The summed E-state index contributed by atoms with van der Waals surface area (Å²) in [6.07, 6.45) is 0.956. The van der Waals surface area contributed by atoms with E-state index in [9.17, 15) is 27.6 Å². The molecule has 16 heteroatoms. The number of benzene rings is 2. The Morgan fingerprint density at radius 1 is 1.02 bits per heavy atom. The minimum Gasteiger partial charge on any atom is -0.484 e. The van der Waals surface area contributed by atoms with Gasteiger partial charge >= 0.3 is 6.09 Å². The topological polar surface area (TPSA) is 199 Å². The van der Waals surface area contributed by atoms with Gasteiger partial charge in [0.2, 0.25) is 27.4 Å². The molecule has 3 N–H and O–H groups in total. The van der Waals surface area contributed by atoms with Crippen molar-refractivity contribution in [3.05, 3.63) is 90.6 Å². The van der Waals surface area contributed by atoms with Crippen LogP contribution in [0.1, 0.15) is 78.5 Å². The van der Waals surface area contributed by atoms with E-state index in [1.165, 1.54) is 11.0 Å². The molecule has 324 valence electrons. The maximum atomic E-state index is 14.8. The predicted molar refractivity (Wildman–Crippen MR) is 227 cm³/mol. The van der Waals surface area contributed by atoms with Crippen molar-refractivity contribution in [2.45, 2.75) is 115 Å². The van der Waals surface area contributed by atoms with Gasteiger partial charge in [0.05, 0.1) is 17.0 Å². The van der Waals surface area contributed by atoms with Gasteiger partial charge in [-0.25, -0.2) is 18.2 Å². The predicted octanol–water partition coefficient (Wildman–Crippen LogP) is 5.77. The van der Waals surface area contributed by atoms with Gasteiger partial charge in [-0.1, -0.05) is 92.7 Å². The monoisotopic (exact) mass is 854 g/mol. The fraction of sp³-hybridized carbons (Fsp3) is 0.467. The Labute approximate surface area is 356 Å². The molecule has 0 unspecified atom stereocenters. The van der Waals surface area contributed by atoms with E-state index in [0.717, 1.165) is 11.1 Å². The number of ether oxygens (including phenoxy) is 2. The number of carbonyl (C=O) groups excluding carboxylic acids is 4. The molecule has 3 aliphatic rings. The number of fused-ring (bicyclic) bond motifs is 1. The minimum atomic E-state index is -4.18. The summed E-state index contributed by atoms with van der Waals surface area (Å²) in [5.41, 5.74) is 0.193. The largest absolute Gasteiger partial charge is 0.484 e. The first-order valence-electron chi connectivity index (χ1n) is 20.5. The Balaban J connectivity index is 1.18. The summed E-state index contributed by atoms with van der Waals surface area (Å²) in [5.74, 6) is -2.45. The number of aryl methyl sites for hydroxylation is 1. The average molecular weight is 855 g/mol. The fourth-order valence-corrected chi connectivity index (χ4v) is 9.58. The summed E-state index contributed by atoms with van der Waals surface area (Å²) in [6.45, 7) is 16.0. The number of sulfonamides is 1. The zero-order chi connectivity index (χ0) is 44.1. The molecule has 0 bridgehead atoms. The Kier molecular flexibility index (Phi) is 11.3. The summed E-state index contributed by atoms with van der Waals surface area (Å²) in [7, 11) is -4.18. The van der Waals surface area contributed by atoms with Crippen molar-refractivity contribution < 1.29 is 41.6 Å². The molecular formula is C45H54N6O9S. The zero-order valence-corrected chi connectivity index (χ0v) is 36.4. The molecule has 1 aliphatic heterocycles. The van der Waals surface area contributed by atoms with E-state index < -0.39 is 79.2 Å². The molecule has 0 spiro atoms. The van der Waals surface area contributed by atoms with E-state index >= 15 is 0 Å². The first kappa shape index (κ1) is 43.3. The van der Waals surface area contributed by atoms with Crippen molar-refractivity contribution in [2.75, 3.05) is 6.54 Å². The van der Waals surface area contributed by atoms with E-state index in [4.69, 9.17) is 19.0 Å². The average Bonchev–Trinajstić information content (AvgIpc) is 4.05. The molecule has 3 fully saturated rings. The molecule has 4 amide bonds. The lowest BCUT2D eigenvalue weighted by Gasteiger charge is -2.36. The lowest BCUT2D eigenvalue weighted by atomic mass is 9.85. The van der Waals surface area contributed by atoms with E-state index in [2.05, 4.69) is 27.1 Å². The van der Waals surface area contributed by atoms with Gasteiger partial charge in [0, 0.05) is 24.0 Å². The number of amides is 4. The molecule has 3 heterocycles. The van der Waals surface area contributed by atoms with Crippen LogP contribution in [0, 0.1) is 18.3 Å². The number of likely N-dealkylation sites (tertiary alicyclic amines) is 1. The number of hydrogen-bond donors (Lipinski definition) is 3. The van der Waals surface area contributed by atoms with E-state index in [0.29, 0.717) is 35.5 Å². The van der Waals surface area contributed by atoms with Gasteiger partial charge in [0.25, 0.3) is 5.91 Å². The minimum absolute atomic E-state index is 0.0343. The van der Waals surface area contributed by atoms with Crippen LogP contribution in [0.25, 0.3) is 22.4 Å². The molecule has 7 rings (SSSR count). The molecule has 1 saturated heterocycles. The second-order valence-corrected chi connectivity index (χ2v) is 20.6. The van der Waals surface area contributed by atoms with Crippen molar-refractivity contribution in [3.63, 3.8) is 0 Å². The fourth-order valence-electron chi connectivity index (χ4n) is 7.95. The summed E-state index contributed by atoms with van der Waals surface area (Å²) in [4.78, 5) is 62.8. The van der Waals surface area contributed by atoms with Crippen LogP contribution in [0.5, 0.6) is 5.75 Å². The molecule has 0 radical (unpaired) electrons. The Morgan fingerprint density at radius 2 is 1.67 bits per heavy atom. The van der Waals surface area contributed by atoms with Gasteiger partial charge in [-0.15, -0.1) is 6.58 Å². The molecule has 2 aliphatic carbocycles. The summed E-state index contributed by atoms with van der Waals surface area (Å²) in [5, 5.41) is 9.69. The third-order valence-corrected chi connectivity index (χ3v) is 13.7. The number of carbonyl (C=O) groups is 4. The van der Waals surface area contributed by atoms with Gasteiger partial charge in [-0.05, 0) is 64.4 Å². The van der Waals surface area contributed by atoms with Crippen molar-refractivity contribution in [1.29, 1.82) is 0 Å². The first-order chi connectivity index (χ1) is 28.6. The van der Waals surface area contributed by atoms with Crippen LogP contribution in [0.15, 0.2) is 83.9 Å². The molecule has 5 atom stereocenters. The molecule has 2 aromatic carbocycles. The third kappa shape index (κ3) is 9.00. The van der Waals surface area contributed by atoms with Crippen LogP contribution in [-0.4, -0.2) is 87.9 Å². The first-order valence-corrected chi connectivity index (χ1v) is 22.0. The highest BCUT2D eigenvalue weighted by Crippen LogP contribution is 2.49. The quantitative estimate of drug-likeness (QED) is 0.138. The van der Waals surface area contributed by atoms with E-state index in [1.807, 2.05) is 60.7 Å². The lowest BCUT2D eigenvalue weighted by Crippen LogP contribution is -2.60. The summed E-state index contributed by atoms with van der Waals surface area (Å²) >= 11 is 0. The maximum Gasteiger partial charge on any atom is 0.408 e. The van der Waals surface area contributed by atoms with Crippen LogP contribution in [0.2, 0.25) is 0 Å². The smallest absolute Gasteiger partial charge is 0.408 e. The van der Waals surface area contributed by atoms with Crippen molar-refractivity contribution >= 4 is 44.9 Å². The zero-order valence-electron chi connectivity index (χ0n) is 35.6. The lowest BCUT2D eigenvalue weighted by molar-refractivity contribution is -0.143. The number of pyridine rings is 1. The van der Waals surface area contributed by atoms with E-state index in [1.54, 1.807) is 54.5 Å². The van der Waals surface area contributed by atoms with Gasteiger partial charge in [0.1, 0.15) is 40.5 Å². The van der Waals surface area contributed by atoms with Crippen LogP contribution >= 0.6 is 0 Å². The van der Waals surface area contributed by atoms with Gasteiger partial charge in [-0.2, -0.15) is 0 Å². The summed E-state index contributed by atoms with van der Waals surface area (Å²) < 4.78 is 46.6. The number of hydrogen-bond acceptors (Lipinski definition) is 11. The Hall–Kier alpha value is -5.77. The van der Waals surface area contributed by atoms with Crippen LogP contribution in [0.4, 0.5) is 4.79 Å². The number of nitrogens with zero attached hydrogens (tertiary/aromatic N) is 3. The number of alkyl carbamates (subject to hydrolysis) is 1. The molecular weight excluding hydrogens is 801 g/mol. The Bertz CT molecular complexity index is 2460. The normalized spacial score (nSPS) is 22.5. The van der Waals surface area contributed by atoms with Crippen LogP contribution < -0.4 is 20.1 Å². The standard InChI is InChI=1S/C45H54N6O9S/c1-9-30-25-45(30,40(54)50-61(56,57)44(20-21-44)24-28-16-12-10-13-17-28)48-38(52)33-22-31(26-51(33)39(53)37(42(3,4)5)47-41(55)59-43(6,7)8)58-34-23-32(29-18-14-11-15-19-29)46-35-27(2)49-60-36(34)35/h9-19,23,30-31,33,37H,1,20-22,24-26H2,2-8H3,(H,47,55)(H,48,52)(H,50,54)/t30-,31-,33+,37-,45-/m1/s1. The SMILES string of the molecule is C=C[C@@H]1C[C@]1(NC(=O)[C@@H]1C[C@@H](Oc2cc(-c3ccccc3)nc3c(C)noc23)CN1C(=O)[C@@H](NC(=O)OC(C)(C)C)C(C)(C)C)C(=O)NS(=O)(=O)C1(Cc2ccccc2)CC1. The number of rotatable bonds is 13. The van der Waals surface area contributed by atoms with Crippen molar-refractivity contribution in [1.82, 2.24) is 30.4 Å². The number of nitrogens with one attached hydrogen (secondary N) is 3. The van der Waals surface area contributed by atoms with Crippen LogP contribution in [-0.2, 0) is 35.6 Å². The number of aromatic nitrogens is 2. The Morgan fingerprint density at radius 3 is 2.26 bits per heavy atom. The third-order valence-electron chi connectivity index (χ3n) is 11.6. The molecule has 61 heavy (non-hydrogen) atoms. The maximum absolute atomic E-state index is 14.8. The van der Waals surface area contributed by atoms with Gasteiger partial charge in [0.15, 0.2) is 5.75 Å². The summed E-state index contributed by atoms with van der Waals surface area (Å²) in [6, 6.07) is 18.0. The van der Waals surface area contributed by atoms with Gasteiger partial charge in [-0.3, -0.25) is 19.1 Å². The highest BCUT2D eigenvalue weighted by Gasteiger charge is 2.63. The molecule has 15 nitrogen and oxygen atoms in total.